The van der Waals surface area contributed by atoms with E-state index in [1.54, 1.807) is 32.7 Å². The Labute approximate surface area is 361 Å². The molecule has 0 amide bonds. The Kier molecular flexibility index (Phi) is 19.8. The molecule has 2 heterocycles. The normalized spacial score (nSPS) is 35.8. The predicted octanol–water partition coefficient (Wildman–Crippen LogP) is 3.62. The van der Waals surface area contributed by atoms with Crippen LogP contribution >= 0.6 is 23.2 Å². The summed E-state index contributed by atoms with van der Waals surface area (Å²) in [5.41, 5.74) is -1.67. The minimum atomic E-state index is -2.07. The third-order valence-electron chi connectivity index (χ3n) is 12.1. The number of ether oxygens (including phenoxy) is 4. The largest absolute Gasteiger partial charge is 0.456 e. The first-order chi connectivity index (χ1) is 27.6. The highest BCUT2D eigenvalue weighted by Gasteiger charge is 2.51. The van der Waals surface area contributed by atoms with Gasteiger partial charge in [0.15, 0.2) is 24.3 Å². The molecule has 0 aliphatic carbocycles. The highest BCUT2D eigenvalue weighted by Crippen LogP contribution is 2.36. The molecule has 2 aliphatic heterocycles. The highest BCUT2D eigenvalue weighted by molar-refractivity contribution is 6.18. The fraction of sp³-hybridized carbons (Fsp3) is 0.791. The summed E-state index contributed by atoms with van der Waals surface area (Å²) in [4.78, 5) is 47.1. The molecular weight excluding hydrogens is 805 g/mol. The van der Waals surface area contributed by atoms with Gasteiger partial charge in [0.25, 0.3) is 0 Å². The average molecular weight is 877 g/mol. The van der Waals surface area contributed by atoms with E-state index >= 15 is 0 Å². The third kappa shape index (κ3) is 13.7. The van der Waals surface area contributed by atoms with Crippen LogP contribution in [0.2, 0.25) is 0 Å². The number of aliphatic hydroxyl groups excluding tert-OH is 2. The Balaban J connectivity index is 1.90. The molecule has 1 aromatic carbocycles. The van der Waals surface area contributed by atoms with Crippen LogP contribution in [0, 0.1) is 17.8 Å². The standard InChI is InChI=1S/C43H71Cl2N3O11/c1-26-23-42(6,54)39(28(3)36(51)29(4)40(53)57-34(25-49)43(7,55)38(52)30(5)47(10)24-26)59-41-37(33(46(8)9)22-27(2)56-41)58-35(50)13-11-12-31-14-16-32(17-15-31)48(20-18-44)21-19-45/h14-17,26-30,33-34,37-39,41,49,52,54-55H,11-13,18-25H2,1-10H3/t26-,27-,28+,29-,30-,33+,34-,37-,38-,39-,41-,42-,43-/m1/s1. The van der Waals surface area contributed by atoms with Crippen molar-refractivity contribution >= 4 is 46.6 Å². The Bertz CT molecular complexity index is 1480. The molecule has 1 aromatic rings. The van der Waals surface area contributed by atoms with E-state index in [0.29, 0.717) is 50.7 Å². The first-order valence-electron chi connectivity index (χ1n) is 20.9. The number of aryl methyl sites for hydroxylation is 1. The number of carbonyl (C=O) groups is 3. The average Bonchev–Trinajstić information content (AvgIpc) is 3.17. The van der Waals surface area contributed by atoms with Crippen molar-refractivity contribution in [3.8, 4) is 0 Å². The molecule has 2 saturated heterocycles. The van der Waals surface area contributed by atoms with Crippen LogP contribution in [-0.4, -0.2) is 167 Å². The molecule has 16 heteroatoms. The van der Waals surface area contributed by atoms with Crippen molar-refractivity contribution in [2.24, 2.45) is 17.8 Å². The van der Waals surface area contributed by atoms with Gasteiger partial charge in [0.2, 0.25) is 0 Å². The third-order valence-corrected chi connectivity index (χ3v) is 12.5. The molecular formula is C43H71Cl2N3O11. The molecule has 4 N–H and O–H groups in total. The minimum absolute atomic E-state index is 0.124. The van der Waals surface area contributed by atoms with Crippen LogP contribution in [0.3, 0.4) is 0 Å². The number of cyclic esters (lactones) is 1. The highest BCUT2D eigenvalue weighted by atomic mass is 35.5. The van der Waals surface area contributed by atoms with E-state index in [1.807, 2.05) is 57.1 Å². The Hall–Kier alpha value is -2.11. The van der Waals surface area contributed by atoms with Gasteiger partial charge in [-0.1, -0.05) is 26.0 Å². The van der Waals surface area contributed by atoms with Gasteiger partial charge in [-0.3, -0.25) is 14.4 Å². The quantitative estimate of drug-likeness (QED) is 0.121. The number of aliphatic hydroxyl groups is 4. The first kappa shape index (κ1) is 51.2. The van der Waals surface area contributed by atoms with Gasteiger partial charge in [-0.25, -0.2) is 0 Å². The Morgan fingerprint density at radius 1 is 1.02 bits per heavy atom. The number of halogens is 2. The van der Waals surface area contributed by atoms with Gasteiger partial charge >= 0.3 is 11.9 Å². The molecule has 13 atom stereocenters. The number of hydrogen-bond acceptors (Lipinski definition) is 14. The fourth-order valence-electron chi connectivity index (χ4n) is 8.52. The van der Waals surface area contributed by atoms with E-state index in [2.05, 4.69) is 4.90 Å². The number of Topliss-reactive ketones (excluding diaryl/α,β-unsaturated/α-hetero) is 1. The van der Waals surface area contributed by atoms with Gasteiger partial charge in [-0.05, 0) is 105 Å². The molecule has 0 unspecified atom stereocenters. The number of likely N-dealkylation sites (N-methyl/N-ethyl adjacent to an activating group) is 2. The van der Waals surface area contributed by atoms with Crippen LogP contribution in [0.4, 0.5) is 5.69 Å². The number of esters is 2. The lowest BCUT2D eigenvalue weighted by Crippen LogP contribution is -2.60. The zero-order valence-electron chi connectivity index (χ0n) is 36.7. The van der Waals surface area contributed by atoms with Crippen LogP contribution in [0.5, 0.6) is 0 Å². The van der Waals surface area contributed by atoms with Crippen molar-refractivity contribution < 1.29 is 53.8 Å². The number of hydrogen-bond donors (Lipinski definition) is 4. The SMILES string of the molecule is C[C@H]1CN(C)[C@H](C)[C@@H](O)[C@](C)(O)[C@@H](CO)OC(=O)[C@H](C)C(=O)[C@H](C)[C@@H](O[C@H]2O[C@H](C)C[C@H](N(C)C)[C@H]2OC(=O)CCCc2ccc(N(CCCl)CCCl)cc2)[C@](C)(O)C1. The molecule has 59 heavy (non-hydrogen) atoms. The van der Waals surface area contributed by atoms with Crippen molar-refractivity contribution in [3.63, 3.8) is 0 Å². The maximum Gasteiger partial charge on any atom is 0.316 e. The van der Waals surface area contributed by atoms with Crippen molar-refractivity contribution in [1.29, 1.82) is 0 Å². The molecule has 14 nitrogen and oxygen atoms in total. The lowest BCUT2D eigenvalue weighted by molar-refractivity contribution is -0.296. The van der Waals surface area contributed by atoms with E-state index in [0.717, 1.165) is 11.3 Å². The van der Waals surface area contributed by atoms with Crippen LogP contribution in [0.25, 0.3) is 0 Å². The van der Waals surface area contributed by atoms with E-state index in [4.69, 9.17) is 42.1 Å². The van der Waals surface area contributed by atoms with Crippen LogP contribution in [0.1, 0.15) is 79.7 Å². The first-order valence-corrected chi connectivity index (χ1v) is 22.0. The summed E-state index contributed by atoms with van der Waals surface area (Å²) in [6, 6.07) is 7.09. The van der Waals surface area contributed by atoms with Gasteiger partial charge in [-0.15, -0.1) is 23.2 Å². The molecule has 0 aromatic heterocycles. The van der Waals surface area contributed by atoms with Crippen molar-refractivity contribution in [1.82, 2.24) is 9.80 Å². The number of benzene rings is 1. The van der Waals surface area contributed by atoms with Crippen LogP contribution in [-0.2, 0) is 39.8 Å². The zero-order chi connectivity index (χ0) is 44.4. The minimum Gasteiger partial charge on any atom is -0.456 e. The molecule has 338 valence electrons. The molecule has 0 spiro atoms. The van der Waals surface area contributed by atoms with Crippen LogP contribution < -0.4 is 4.90 Å². The fourth-order valence-corrected chi connectivity index (χ4v) is 8.92. The molecule has 0 radical (unpaired) electrons. The van der Waals surface area contributed by atoms with Crippen molar-refractivity contribution in [2.75, 3.05) is 64.0 Å². The molecule has 2 fully saturated rings. The van der Waals surface area contributed by atoms with Crippen molar-refractivity contribution in [2.45, 2.75) is 141 Å². The van der Waals surface area contributed by atoms with E-state index in [9.17, 15) is 34.8 Å². The van der Waals surface area contributed by atoms with Gasteiger partial charge in [-0.2, -0.15) is 0 Å². The van der Waals surface area contributed by atoms with Crippen molar-refractivity contribution in [3.05, 3.63) is 29.8 Å². The van der Waals surface area contributed by atoms with E-state index in [1.165, 1.54) is 13.8 Å². The second-order valence-electron chi connectivity index (χ2n) is 17.5. The molecule has 2 aliphatic rings. The van der Waals surface area contributed by atoms with Gasteiger partial charge in [0, 0.05) is 55.5 Å². The molecule has 0 saturated carbocycles. The van der Waals surface area contributed by atoms with E-state index in [-0.39, 0.29) is 30.9 Å². The lowest BCUT2D eigenvalue weighted by atomic mass is 9.78. The smallest absolute Gasteiger partial charge is 0.316 e. The number of carbonyl (C=O) groups excluding carboxylic acids is 3. The number of ketones is 1. The number of rotatable bonds is 14. The Morgan fingerprint density at radius 3 is 2.19 bits per heavy atom. The van der Waals surface area contributed by atoms with Gasteiger partial charge in [0.1, 0.15) is 17.6 Å². The number of anilines is 1. The maximum absolute atomic E-state index is 14.2. The monoisotopic (exact) mass is 875 g/mol. The molecule has 3 rings (SSSR count). The van der Waals surface area contributed by atoms with E-state index < -0.39 is 84.1 Å². The lowest BCUT2D eigenvalue weighted by Gasteiger charge is -2.46. The predicted molar refractivity (Wildman–Crippen MR) is 228 cm³/mol. The summed E-state index contributed by atoms with van der Waals surface area (Å²) < 4.78 is 24.7. The number of nitrogens with zero attached hydrogens (tertiary/aromatic N) is 3. The summed E-state index contributed by atoms with van der Waals surface area (Å²) in [5.74, 6) is -3.87. The summed E-state index contributed by atoms with van der Waals surface area (Å²) in [6.07, 6.45) is -4.79. The molecule has 0 bridgehead atoms. The summed E-state index contributed by atoms with van der Waals surface area (Å²) >= 11 is 12.0. The summed E-state index contributed by atoms with van der Waals surface area (Å²) in [6.45, 7) is 12.1. The second kappa shape index (κ2) is 22.8. The summed E-state index contributed by atoms with van der Waals surface area (Å²) in [5, 5.41) is 45.1. The van der Waals surface area contributed by atoms with Gasteiger partial charge in [0.05, 0.1) is 30.5 Å². The maximum atomic E-state index is 14.2. The zero-order valence-corrected chi connectivity index (χ0v) is 38.2. The Morgan fingerprint density at radius 2 is 1.63 bits per heavy atom. The van der Waals surface area contributed by atoms with Gasteiger partial charge < -0.3 is 54.1 Å². The number of alkyl halides is 2. The summed E-state index contributed by atoms with van der Waals surface area (Å²) in [7, 11) is 5.50. The topological polar surface area (TPSA) is 179 Å². The second-order valence-corrected chi connectivity index (χ2v) is 18.3. The van der Waals surface area contributed by atoms with Crippen LogP contribution in [0.15, 0.2) is 24.3 Å².